The first kappa shape index (κ1) is 12.9. The summed E-state index contributed by atoms with van der Waals surface area (Å²) in [5.74, 6) is 0.363. The molecule has 3 N–H and O–H groups in total. The normalized spacial score (nSPS) is 19.9. The molecule has 8 heteroatoms. The van der Waals surface area contributed by atoms with E-state index in [2.05, 4.69) is 15.2 Å². The van der Waals surface area contributed by atoms with Crippen LogP contribution >= 0.6 is 0 Å². The average Bonchev–Trinajstić information content (AvgIpc) is 2.84. The van der Waals surface area contributed by atoms with Gasteiger partial charge in [-0.05, 0) is 26.7 Å². The highest BCUT2D eigenvalue weighted by molar-refractivity contribution is 6.52. The van der Waals surface area contributed by atoms with Gasteiger partial charge < -0.3 is 20.0 Å². The Bertz CT molecular complexity index is 423. The molecule has 0 aliphatic carbocycles. The number of aryl methyl sites for hydroxylation is 1. The minimum absolute atomic E-state index is 0.167. The number of nitrogens with one attached hydrogen (secondary N) is 2. The molecular weight excluding hydrogens is 235 g/mol. The van der Waals surface area contributed by atoms with Gasteiger partial charge in [0.05, 0.1) is 6.20 Å². The minimum atomic E-state index is -0.653. The molecular formula is C10H17BN4O3. The molecule has 0 spiro atoms. The van der Waals surface area contributed by atoms with Gasteiger partial charge in [-0.2, -0.15) is 0 Å². The van der Waals surface area contributed by atoms with E-state index < -0.39 is 7.05 Å². The maximum atomic E-state index is 11.4. The SMILES string of the molecule is CB(O)Nc1ncc(CC[C@H]2C(=O)OCN2C)[nH]1. The Morgan fingerprint density at radius 3 is 3.17 bits per heavy atom. The summed E-state index contributed by atoms with van der Waals surface area (Å²) < 4.78 is 4.94. The fraction of sp³-hybridized carbons (Fsp3) is 0.600. The summed E-state index contributed by atoms with van der Waals surface area (Å²) in [7, 11) is 1.21. The Morgan fingerprint density at radius 2 is 2.56 bits per heavy atom. The number of esters is 1. The van der Waals surface area contributed by atoms with Gasteiger partial charge in [0.1, 0.15) is 12.8 Å². The van der Waals surface area contributed by atoms with Gasteiger partial charge in [0.2, 0.25) is 0 Å². The van der Waals surface area contributed by atoms with E-state index in [9.17, 15) is 4.79 Å². The molecule has 0 bridgehead atoms. The highest BCUT2D eigenvalue weighted by Crippen LogP contribution is 2.15. The second kappa shape index (κ2) is 5.41. The molecule has 1 aliphatic rings. The summed E-state index contributed by atoms with van der Waals surface area (Å²) in [5, 5.41) is 11.9. The smallest absolute Gasteiger partial charge is 0.409 e. The molecule has 0 amide bonds. The van der Waals surface area contributed by atoms with Crippen molar-refractivity contribution in [3.05, 3.63) is 11.9 Å². The molecule has 0 radical (unpaired) electrons. The van der Waals surface area contributed by atoms with Crippen molar-refractivity contribution in [2.45, 2.75) is 25.7 Å². The van der Waals surface area contributed by atoms with Crippen LogP contribution in [0.15, 0.2) is 6.20 Å². The molecule has 1 aromatic heterocycles. The minimum Gasteiger partial charge on any atom is -0.448 e. The number of cyclic esters (lactones) is 1. The number of carbonyl (C=O) groups is 1. The first-order valence-electron chi connectivity index (χ1n) is 5.91. The largest absolute Gasteiger partial charge is 0.448 e. The summed E-state index contributed by atoms with van der Waals surface area (Å²) in [6.45, 7) is 1.98. The van der Waals surface area contributed by atoms with E-state index in [1.54, 1.807) is 13.0 Å². The van der Waals surface area contributed by atoms with Crippen LogP contribution in [0.2, 0.25) is 6.82 Å². The van der Waals surface area contributed by atoms with Crippen molar-refractivity contribution in [3.8, 4) is 0 Å². The molecule has 0 unspecified atom stereocenters. The number of aromatic amines is 1. The number of carbonyl (C=O) groups excluding carboxylic acids is 1. The summed E-state index contributed by atoms with van der Waals surface area (Å²) in [6.07, 6.45) is 3.09. The molecule has 0 saturated carbocycles. The summed E-state index contributed by atoms with van der Waals surface area (Å²) in [6, 6.07) is -0.179. The van der Waals surface area contributed by atoms with Gasteiger partial charge in [0.15, 0.2) is 5.95 Å². The fourth-order valence-electron chi connectivity index (χ4n) is 1.92. The van der Waals surface area contributed by atoms with Crippen LogP contribution in [0.4, 0.5) is 5.95 Å². The first-order valence-corrected chi connectivity index (χ1v) is 5.91. The Kier molecular flexibility index (Phi) is 3.88. The van der Waals surface area contributed by atoms with E-state index in [1.165, 1.54) is 0 Å². The van der Waals surface area contributed by atoms with Gasteiger partial charge in [0.25, 0.3) is 0 Å². The van der Waals surface area contributed by atoms with E-state index in [-0.39, 0.29) is 12.0 Å². The Morgan fingerprint density at radius 1 is 1.78 bits per heavy atom. The average molecular weight is 252 g/mol. The molecule has 2 rings (SSSR count). The number of likely N-dealkylation sites (N-methyl/N-ethyl adjacent to an activating group) is 1. The van der Waals surface area contributed by atoms with Crippen molar-refractivity contribution < 1.29 is 14.6 Å². The third-order valence-electron chi connectivity index (χ3n) is 2.88. The van der Waals surface area contributed by atoms with Crippen LogP contribution in [-0.2, 0) is 16.0 Å². The summed E-state index contributed by atoms with van der Waals surface area (Å²) in [4.78, 5) is 20.4. The van der Waals surface area contributed by atoms with E-state index in [4.69, 9.17) is 9.76 Å². The molecule has 2 heterocycles. The van der Waals surface area contributed by atoms with Gasteiger partial charge in [-0.25, -0.2) is 4.98 Å². The van der Waals surface area contributed by atoms with Crippen molar-refractivity contribution >= 4 is 19.0 Å². The number of imidazole rings is 1. The van der Waals surface area contributed by atoms with Crippen molar-refractivity contribution in [1.29, 1.82) is 0 Å². The van der Waals surface area contributed by atoms with Gasteiger partial charge in [0, 0.05) is 5.69 Å². The number of hydrogen-bond acceptors (Lipinski definition) is 6. The zero-order valence-corrected chi connectivity index (χ0v) is 10.5. The van der Waals surface area contributed by atoms with E-state index in [0.717, 1.165) is 5.69 Å². The zero-order valence-electron chi connectivity index (χ0n) is 10.5. The molecule has 1 aliphatic heterocycles. The van der Waals surface area contributed by atoms with Crippen molar-refractivity contribution in [1.82, 2.24) is 14.9 Å². The number of H-pyrrole nitrogens is 1. The van der Waals surface area contributed by atoms with Crippen LogP contribution in [0.25, 0.3) is 0 Å². The van der Waals surface area contributed by atoms with E-state index in [0.29, 0.717) is 25.5 Å². The number of ether oxygens (including phenoxy) is 1. The number of hydrogen-bond donors (Lipinski definition) is 3. The van der Waals surface area contributed by atoms with E-state index >= 15 is 0 Å². The van der Waals surface area contributed by atoms with Crippen LogP contribution < -0.4 is 5.23 Å². The molecule has 98 valence electrons. The Labute approximate surface area is 106 Å². The van der Waals surface area contributed by atoms with Crippen LogP contribution in [0.1, 0.15) is 12.1 Å². The van der Waals surface area contributed by atoms with E-state index in [1.807, 2.05) is 11.9 Å². The quantitative estimate of drug-likeness (QED) is 0.491. The maximum Gasteiger partial charge on any atom is 0.409 e. The highest BCUT2D eigenvalue weighted by atomic mass is 16.6. The van der Waals surface area contributed by atoms with Crippen LogP contribution in [0.3, 0.4) is 0 Å². The lowest BCUT2D eigenvalue weighted by molar-refractivity contribution is -0.139. The van der Waals surface area contributed by atoms with Crippen molar-refractivity contribution in [2.75, 3.05) is 19.0 Å². The fourth-order valence-corrected chi connectivity index (χ4v) is 1.92. The van der Waals surface area contributed by atoms with Crippen molar-refractivity contribution in [3.63, 3.8) is 0 Å². The van der Waals surface area contributed by atoms with Crippen LogP contribution in [0, 0.1) is 0 Å². The van der Waals surface area contributed by atoms with Gasteiger partial charge in [-0.15, -0.1) is 0 Å². The topological polar surface area (TPSA) is 90.5 Å². The van der Waals surface area contributed by atoms with Gasteiger partial charge in [-0.3, -0.25) is 9.69 Å². The van der Waals surface area contributed by atoms with Gasteiger partial charge >= 0.3 is 13.0 Å². The molecule has 1 atom stereocenters. The lowest BCUT2D eigenvalue weighted by Crippen LogP contribution is -2.30. The van der Waals surface area contributed by atoms with Crippen LogP contribution in [0.5, 0.6) is 0 Å². The van der Waals surface area contributed by atoms with Crippen LogP contribution in [-0.4, -0.2) is 52.7 Å². The first-order chi connectivity index (χ1) is 8.56. The van der Waals surface area contributed by atoms with Crippen molar-refractivity contribution in [2.24, 2.45) is 0 Å². The summed E-state index contributed by atoms with van der Waals surface area (Å²) in [5.41, 5.74) is 0.922. The molecule has 1 aromatic rings. The zero-order chi connectivity index (χ0) is 13.1. The third-order valence-corrected chi connectivity index (χ3v) is 2.88. The molecule has 18 heavy (non-hydrogen) atoms. The number of rotatable bonds is 5. The third kappa shape index (κ3) is 3.02. The predicted octanol–water partition coefficient (Wildman–Crippen LogP) is -0.321. The lowest BCUT2D eigenvalue weighted by atomic mass is 9.89. The maximum absolute atomic E-state index is 11.4. The second-order valence-electron chi connectivity index (χ2n) is 4.48. The predicted molar refractivity (Wildman–Crippen MR) is 66.9 cm³/mol. The van der Waals surface area contributed by atoms with Gasteiger partial charge in [-0.1, -0.05) is 0 Å². The molecule has 0 aromatic carbocycles. The molecule has 1 fully saturated rings. The monoisotopic (exact) mass is 252 g/mol. The molecule has 1 saturated heterocycles. The Hall–Kier alpha value is -1.54. The number of anilines is 1. The number of aromatic nitrogens is 2. The summed E-state index contributed by atoms with van der Waals surface area (Å²) >= 11 is 0. The Balaban J connectivity index is 1.86. The lowest BCUT2D eigenvalue weighted by Gasteiger charge is -2.12. The number of nitrogens with zero attached hydrogens (tertiary/aromatic N) is 2. The second-order valence-corrected chi connectivity index (χ2v) is 4.48. The standard InChI is InChI=1S/C10H17BN4O3/c1-11(17)14-10-12-5-7(13-10)3-4-8-9(16)18-6-15(8)2/h5,8,17H,3-4,6H2,1-2H3,(H2,12,13,14)/t8-/m0/s1. The highest BCUT2D eigenvalue weighted by Gasteiger charge is 2.31. The molecule has 7 nitrogen and oxygen atoms in total.